The molecule has 48 valence electrons. The lowest BCUT2D eigenvalue weighted by Crippen LogP contribution is -2.33. The molecule has 8 heavy (non-hydrogen) atoms. The number of hydrogen-bond acceptors (Lipinski definition) is 4. The van der Waals surface area contributed by atoms with Gasteiger partial charge in [-0.05, 0) is 7.05 Å². The molecule has 0 aromatic rings. The lowest BCUT2D eigenvalue weighted by molar-refractivity contribution is 0.285. The van der Waals surface area contributed by atoms with Crippen LogP contribution in [0.2, 0.25) is 0 Å². The van der Waals surface area contributed by atoms with Crippen LogP contribution < -0.4 is 11.2 Å². The minimum Gasteiger partial charge on any atom is -0.487 e. The summed E-state index contributed by atoms with van der Waals surface area (Å²) in [4.78, 5) is 0. The van der Waals surface area contributed by atoms with Gasteiger partial charge in [0.1, 0.15) is 0 Å². The van der Waals surface area contributed by atoms with Crippen molar-refractivity contribution in [3.05, 3.63) is 5.73 Å². The van der Waals surface area contributed by atoms with Gasteiger partial charge in [0.2, 0.25) is 0 Å². The number of nitrogens with two attached hydrogens (primary N) is 1. The zero-order valence-corrected chi connectivity index (χ0v) is 4.76. The first-order valence-electron chi connectivity index (χ1n) is 2.17. The van der Waals surface area contributed by atoms with E-state index in [1.165, 1.54) is 0 Å². The number of nitrogens with zero attached hydrogens (tertiary/aromatic N) is 2. The number of hydrazine groups is 1. The highest BCUT2D eigenvalue weighted by atomic mass is 15.6. The van der Waals surface area contributed by atoms with Gasteiger partial charge in [0.15, 0.2) is 0 Å². The van der Waals surface area contributed by atoms with Gasteiger partial charge in [-0.15, -0.1) is 0 Å². The van der Waals surface area contributed by atoms with Crippen LogP contribution in [-0.4, -0.2) is 25.2 Å². The largest absolute Gasteiger partial charge is 0.487 e. The molecule has 0 aromatic heterocycles. The van der Waals surface area contributed by atoms with Gasteiger partial charge in [0.25, 0.3) is 0 Å². The van der Waals surface area contributed by atoms with Crippen LogP contribution in [0.15, 0.2) is 5.10 Å². The van der Waals surface area contributed by atoms with Crippen molar-refractivity contribution < 1.29 is 0 Å². The molecule has 0 saturated heterocycles. The van der Waals surface area contributed by atoms with Gasteiger partial charge >= 0.3 is 0 Å². The predicted molar refractivity (Wildman–Crippen MR) is 32.8 cm³/mol. The first-order chi connectivity index (χ1) is 3.81. The summed E-state index contributed by atoms with van der Waals surface area (Å²) in [5.74, 6) is 5.15. The molecule has 5 nitrogen and oxygen atoms in total. The fraction of sp³-hybridized carbons (Fsp3) is 0.667. The van der Waals surface area contributed by atoms with Crippen molar-refractivity contribution in [3.63, 3.8) is 0 Å². The summed E-state index contributed by atoms with van der Waals surface area (Å²) in [5.41, 5.74) is 6.47. The van der Waals surface area contributed by atoms with Crippen molar-refractivity contribution in [2.45, 2.75) is 0 Å². The molecule has 0 saturated carbocycles. The van der Waals surface area contributed by atoms with E-state index in [4.69, 9.17) is 11.6 Å². The maximum atomic E-state index is 6.47. The molecule has 0 unspecified atom stereocenters. The molecule has 0 aliphatic heterocycles. The highest BCUT2D eigenvalue weighted by Gasteiger charge is 1.76. The Morgan fingerprint density at radius 3 is 3.00 bits per heavy atom. The van der Waals surface area contributed by atoms with Crippen LogP contribution in [-0.2, 0) is 0 Å². The van der Waals surface area contributed by atoms with Crippen molar-refractivity contribution in [1.82, 2.24) is 10.4 Å². The Bertz CT molecular complexity index is 70.1. The van der Waals surface area contributed by atoms with Crippen LogP contribution in [0.25, 0.3) is 5.73 Å². The average molecular weight is 116 g/mol. The number of hydrogen-bond donors (Lipinski definition) is 2. The van der Waals surface area contributed by atoms with Crippen molar-refractivity contribution >= 4 is 6.34 Å². The SMILES string of the molecule is CNCN(N)/N=C/[NH-]. The third-order valence-electron chi connectivity index (χ3n) is 0.526. The van der Waals surface area contributed by atoms with Crippen molar-refractivity contribution in [1.29, 1.82) is 0 Å². The second-order valence-electron chi connectivity index (χ2n) is 1.20. The minimum atomic E-state index is 0.454. The zero-order valence-electron chi connectivity index (χ0n) is 4.76. The average Bonchev–Trinajstić information content (AvgIpc) is 1.68. The molecule has 0 atom stereocenters. The molecule has 0 fully saturated rings. The van der Waals surface area contributed by atoms with Crippen molar-refractivity contribution in [2.24, 2.45) is 10.9 Å². The van der Waals surface area contributed by atoms with Crippen LogP contribution in [0.3, 0.4) is 0 Å². The number of hydrazone groups is 1. The summed E-state index contributed by atoms with van der Waals surface area (Å²) in [6.07, 6.45) is 0.886. The molecule has 0 radical (unpaired) electrons. The second kappa shape index (κ2) is 4.35. The minimum absolute atomic E-state index is 0.454. The fourth-order valence-electron chi connectivity index (χ4n) is 0.277. The maximum Gasteiger partial charge on any atom is 0.0817 e. The highest BCUT2D eigenvalue weighted by molar-refractivity contribution is 5.62. The van der Waals surface area contributed by atoms with E-state index in [0.29, 0.717) is 6.67 Å². The van der Waals surface area contributed by atoms with Crippen molar-refractivity contribution in [2.75, 3.05) is 13.7 Å². The quantitative estimate of drug-likeness (QED) is 0.169. The van der Waals surface area contributed by atoms with E-state index in [2.05, 4.69) is 10.4 Å². The molecule has 4 N–H and O–H groups in total. The third-order valence-corrected chi connectivity index (χ3v) is 0.526. The highest BCUT2D eigenvalue weighted by Crippen LogP contribution is 1.69. The number of nitrogens with one attached hydrogen (secondary N) is 2. The summed E-state index contributed by atoms with van der Waals surface area (Å²) in [5, 5.41) is 7.29. The Labute approximate surface area is 48.3 Å². The Hall–Kier alpha value is -0.810. The van der Waals surface area contributed by atoms with E-state index in [-0.39, 0.29) is 0 Å². The van der Waals surface area contributed by atoms with E-state index in [1.807, 2.05) is 0 Å². The summed E-state index contributed by atoms with van der Waals surface area (Å²) in [7, 11) is 1.75. The predicted octanol–water partition coefficient (Wildman–Crippen LogP) is -0.665. The molecule has 5 heteroatoms. The fourth-order valence-corrected chi connectivity index (χ4v) is 0.277. The Morgan fingerprint density at radius 2 is 2.62 bits per heavy atom. The maximum absolute atomic E-state index is 6.47. The molecule has 0 amide bonds. The second-order valence-corrected chi connectivity index (χ2v) is 1.20. The Morgan fingerprint density at radius 1 is 2.00 bits per heavy atom. The molecule has 0 bridgehead atoms. The molecule has 0 spiro atoms. The van der Waals surface area contributed by atoms with Gasteiger partial charge in [-0.3, -0.25) is 0 Å². The normalized spacial score (nSPS) is 10.2. The summed E-state index contributed by atoms with van der Waals surface area (Å²) in [6, 6.07) is 0. The zero-order chi connectivity index (χ0) is 6.41. The van der Waals surface area contributed by atoms with Crippen molar-refractivity contribution in [3.8, 4) is 0 Å². The van der Waals surface area contributed by atoms with Crippen LogP contribution >= 0.6 is 0 Å². The van der Waals surface area contributed by atoms with E-state index in [1.54, 1.807) is 7.05 Å². The molecule has 0 heterocycles. The lowest BCUT2D eigenvalue weighted by atomic mass is 11.0. The molecule has 0 aromatic carbocycles. The Balaban J connectivity index is 3.17. The van der Waals surface area contributed by atoms with Gasteiger partial charge in [0, 0.05) is 0 Å². The lowest BCUT2D eigenvalue weighted by Gasteiger charge is -2.17. The van der Waals surface area contributed by atoms with Gasteiger partial charge in [-0.25, -0.2) is 5.84 Å². The van der Waals surface area contributed by atoms with E-state index in [9.17, 15) is 0 Å². The summed E-state index contributed by atoms with van der Waals surface area (Å²) in [6.45, 7) is 0.454. The monoisotopic (exact) mass is 116 g/mol. The topological polar surface area (TPSA) is 77.5 Å². The van der Waals surface area contributed by atoms with Crippen LogP contribution in [0, 0.1) is 0 Å². The van der Waals surface area contributed by atoms with E-state index in [0.717, 1.165) is 11.5 Å². The molecule has 0 aliphatic carbocycles. The first kappa shape index (κ1) is 7.19. The summed E-state index contributed by atoms with van der Waals surface area (Å²) >= 11 is 0. The smallest absolute Gasteiger partial charge is 0.0817 e. The molecular weight excluding hydrogens is 106 g/mol. The van der Waals surface area contributed by atoms with Gasteiger partial charge < -0.3 is 21.3 Å². The van der Waals surface area contributed by atoms with Crippen LogP contribution in [0.1, 0.15) is 0 Å². The third kappa shape index (κ3) is 3.38. The first-order valence-corrected chi connectivity index (χ1v) is 2.17. The molecular formula is C3H10N5-. The van der Waals surface area contributed by atoms with Crippen LogP contribution in [0.4, 0.5) is 0 Å². The van der Waals surface area contributed by atoms with E-state index < -0.39 is 0 Å². The van der Waals surface area contributed by atoms with Gasteiger partial charge in [0.05, 0.1) is 6.67 Å². The van der Waals surface area contributed by atoms with Gasteiger partial charge in [-0.2, -0.15) is 0 Å². The van der Waals surface area contributed by atoms with Crippen LogP contribution in [0.5, 0.6) is 0 Å². The van der Waals surface area contributed by atoms with Gasteiger partial charge in [-0.1, -0.05) is 6.34 Å². The Kier molecular flexibility index (Phi) is 3.91. The molecule has 0 aliphatic rings. The standard InChI is InChI=1S/C3H10N5/c1-6-3-8(5)7-2-4/h2,6H,3,5H2,1H3,(H-,4,7)/q-1. The number of rotatable bonds is 3. The molecule has 0 rings (SSSR count). The van der Waals surface area contributed by atoms with E-state index >= 15 is 0 Å². The summed E-state index contributed by atoms with van der Waals surface area (Å²) < 4.78 is 0.